The molecular weight excluding hydrogens is 953 g/mol. The average Bonchev–Trinajstić information content (AvgIpc) is 4.02. The summed E-state index contributed by atoms with van der Waals surface area (Å²) in [5.41, 5.74) is 11.2. The third-order valence-corrected chi connectivity index (χ3v) is 14.5. The number of anilines is 1. The van der Waals surface area contributed by atoms with Crippen LogP contribution in [0.25, 0.3) is 0 Å². The van der Waals surface area contributed by atoms with Crippen LogP contribution in [-0.4, -0.2) is 96.2 Å². The Kier molecular flexibility index (Phi) is 19.0. The van der Waals surface area contributed by atoms with Crippen LogP contribution in [0.15, 0.2) is 109 Å². The van der Waals surface area contributed by atoms with Crippen molar-refractivity contribution < 1.29 is 52.8 Å². The molecule has 400 valence electrons. The minimum absolute atomic E-state index is 0.0125. The van der Waals surface area contributed by atoms with Gasteiger partial charge in [-0.25, -0.2) is 9.69 Å². The van der Waals surface area contributed by atoms with Crippen molar-refractivity contribution in [2.45, 2.75) is 136 Å². The number of ketones is 2. The Morgan fingerprint density at radius 1 is 0.773 bits per heavy atom. The third-order valence-electron chi connectivity index (χ3n) is 14.5. The fourth-order valence-electron chi connectivity index (χ4n) is 10.0. The largest absolute Gasteiger partial charge is 0.493 e. The number of aryl methyl sites for hydroxylation is 1. The maximum atomic E-state index is 14.3. The zero-order valence-electron chi connectivity index (χ0n) is 44.7. The van der Waals surface area contributed by atoms with Gasteiger partial charge in [0, 0.05) is 49.2 Å². The summed E-state index contributed by atoms with van der Waals surface area (Å²) in [4.78, 5) is 72.3. The third kappa shape index (κ3) is 13.1. The summed E-state index contributed by atoms with van der Waals surface area (Å²) in [5, 5.41) is 12.1. The van der Waals surface area contributed by atoms with Gasteiger partial charge in [0.15, 0.2) is 29.2 Å². The zero-order chi connectivity index (χ0) is 53.9. The van der Waals surface area contributed by atoms with E-state index in [1.807, 2.05) is 95.5 Å². The number of Topliss-reactive ketones (excluding diaryl/α,β-unsaturated/α-hetero) is 2. The molecule has 75 heavy (non-hydrogen) atoms. The van der Waals surface area contributed by atoms with E-state index in [9.17, 15) is 29.1 Å². The van der Waals surface area contributed by atoms with Crippen LogP contribution in [-0.2, 0) is 27.4 Å². The molecule has 6 atom stereocenters. The van der Waals surface area contributed by atoms with Gasteiger partial charge in [-0.05, 0) is 110 Å². The van der Waals surface area contributed by atoms with Crippen LogP contribution in [0.1, 0.15) is 136 Å². The Morgan fingerprint density at radius 3 is 2.04 bits per heavy atom. The summed E-state index contributed by atoms with van der Waals surface area (Å²) >= 11 is 0. The number of hydrogen-bond donors (Lipinski definition) is 2. The first-order valence-corrected chi connectivity index (χ1v) is 26.3. The lowest BCUT2D eigenvalue weighted by atomic mass is 9.91. The van der Waals surface area contributed by atoms with E-state index in [1.165, 1.54) is 24.1 Å². The molecule has 0 radical (unpaired) electrons. The number of rotatable bonds is 22. The van der Waals surface area contributed by atoms with Gasteiger partial charge in [-0.2, -0.15) is 0 Å². The van der Waals surface area contributed by atoms with Gasteiger partial charge in [0.2, 0.25) is 0 Å². The topological polar surface area (TPSA) is 187 Å². The van der Waals surface area contributed by atoms with E-state index in [-0.39, 0.29) is 83.8 Å². The summed E-state index contributed by atoms with van der Waals surface area (Å²) in [6.07, 6.45) is 18.0. The smallest absolute Gasteiger partial charge is 0.416 e. The van der Waals surface area contributed by atoms with E-state index in [4.69, 9.17) is 29.4 Å². The Balaban J connectivity index is 1.01. The van der Waals surface area contributed by atoms with Crippen molar-refractivity contribution in [2.75, 3.05) is 32.3 Å². The van der Waals surface area contributed by atoms with Crippen LogP contribution in [0.3, 0.4) is 0 Å². The number of carbonyl (C=O) groups excluding carboxylic acids is 5. The monoisotopic (exact) mass is 1030 g/mol. The maximum Gasteiger partial charge on any atom is 0.416 e. The van der Waals surface area contributed by atoms with Crippen molar-refractivity contribution in [1.82, 2.24) is 9.80 Å². The first-order chi connectivity index (χ1) is 36.1. The van der Waals surface area contributed by atoms with Crippen molar-refractivity contribution in [2.24, 2.45) is 17.6 Å². The Hall–Kier alpha value is -6.97. The average molecular weight is 1030 g/mol. The highest BCUT2D eigenvalue weighted by atomic mass is 16.6. The number of nitrogens with two attached hydrogens (primary N) is 1. The van der Waals surface area contributed by atoms with E-state index in [1.54, 1.807) is 24.3 Å². The summed E-state index contributed by atoms with van der Waals surface area (Å²) < 4.78 is 30.0. The molecule has 7 rings (SSSR count). The highest BCUT2D eigenvalue weighted by Crippen LogP contribution is 2.43. The molecule has 4 aliphatic rings. The second kappa shape index (κ2) is 25.5. The lowest BCUT2D eigenvalue weighted by Gasteiger charge is -2.31. The molecule has 0 spiro atoms. The first-order valence-electron chi connectivity index (χ1n) is 26.3. The number of allylic oxidation sites excluding steroid dienone is 5. The van der Waals surface area contributed by atoms with Crippen molar-refractivity contribution in [3.8, 4) is 23.0 Å². The number of methoxy groups -OCH3 is 2. The number of amides is 3. The molecule has 0 saturated carbocycles. The number of nitrogens with zero attached hydrogens (tertiary/aromatic N) is 3. The van der Waals surface area contributed by atoms with Gasteiger partial charge >= 0.3 is 6.09 Å². The number of ether oxygens (including phenoxy) is 5. The zero-order valence-corrected chi connectivity index (χ0v) is 44.7. The number of benzene rings is 3. The molecular formula is C60H74N4O11. The lowest BCUT2D eigenvalue weighted by Crippen LogP contribution is -2.50. The number of aliphatic hydroxyl groups excluding tert-OH is 1. The second-order valence-electron chi connectivity index (χ2n) is 20.3. The van der Waals surface area contributed by atoms with Crippen molar-refractivity contribution in [3.63, 3.8) is 0 Å². The quantitative estimate of drug-likeness (QED) is 0.0717. The molecule has 15 nitrogen and oxygen atoms in total. The predicted molar refractivity (Wildman–Crippen MR) is 288 cm³/mol. The molecule has 3 aromatic carbocycles. The van der Waals surface area contributed by atoms with Crippen LogP contribution in [0.5, 0.6) is 23.0 Å². The normalized spacial score (nSPS) is 20.1. The van der Waals surface area contributed by atoms with Gasteiger partial charge in [-0.1, -0.05) is 88.4 Å². The van der Waals surface area contributed by atoms with Gasteiger partial charge < -0.3 is 44.3 Å². The summed E-state index contributed by atoms with van der Waals surface area (Å²) in [5.74, 6) is 0.870. The van der Waals surface area contributed by atoms with Crippen LogP contribution in [0.4, 0.5) is 10.5 Å². The van der Waals surface area contributed by atoms with Gasteiger partial charge in [0.05, 0.1) is 56.8 Å². The number of carbonyl (C=O) groups is 5. The van der Waals surface area contributed by atoms with Crippen LogP contribution < -0.4 is 29.6 Å². The number of fused-ring (bicyclic) bond motifs is 4. The summed E-state index contributed by atoms with van der Waals surface area (Å²) in [7, 11) is 3.01. The van der Waals surface area contributed by atoms with Crippen molar-refractivity contribution >= 4 is 35.2 Å². The predicted octanol–water partition coefficient (Wildman–Crippen LogP) is 10.3. The van der Waals surface area contributed by atoms with Gasteiger partial charge in [0.1, 0.15) is 18.2 Å². The summed E-state index contributed by atoms with van der Waals surface area (Å²) in [6, 6.07) is 12.9. The molecule has 3 aromatic rings. The van der Waals surface area contributed by atoms with E-state index in [2.05, 4.69) is 19.1 Å². The lowest BCUT2D eigenvalue weighted by molar-refractivity contribution is -0.124. The molecule has 0 aliphatic carbocycles. The van der Waals surface area contributed by atoms with E-state index in [0.717, 1.165) is 40.0 Å². The molecule has 0 aromatic heterocycles. The summed E-state index contributed by atoms with van der Waals surface area (Å²) in [6.45, 7) is 11.9. The van der Waals surface area contributed by atoms with Crippen molar-refractivity contribution in [3.05, 3.63) is 136 Å². The fourth-order valence-corrected chi connectivity index (χ4v) is 10.0. The SMILES string of the molecule is CC=CC1=CN2C(=O)c3cc(OC)c(OCCCOc4cc5c(cc4OC)C(=O)N4C=C(C=CC)CC4C(O)N5C(=O)OCc4ccc(CCCC(=O)C(C)CCC(=O)C(N)C(C)C)cc4)cc3C(C)CC=CC2C1. The molecule has 15 heteroatoms. The standard InChI is InChI=1S/C60H74N4O11/c1-9-14-42-28-44-18-11-16-38(5)45-30-54(52(71-7)31-46(45)57(67)62(44)34-42)73-26-13-27-74-55-33-48-47(32-53(55)72-8)58(68)63-35-43(15-10-2)29-49(63)59(69)64(48)60(70)75-36-41-23-21-40(22-24-41)17-12-19-50(65)39(6)20-25-51(66)56(61)37(3)4/h9-11,14-15,18,21-24,30-35,37-39,44,49,56,59,69H,12-13,16-17,19-20,25-29,36,61H2,1-8H3. The van der Waals surface area contributed by atoms with E-state index in [0.29, 0.717) is 67.6 Å². The minimum Gasteiger partial charge on any atom is -0.493 e. The highest BCUT2D eigenvalue weighted by molar-refractivity contribution is 6.06. The van der Waals surface area contributed by atoms with Gasteiger partial charge in [-0.15, -0.1) is 0 Å². The maximum absolute atomic E-state index is 14.3. The van der Waals surface area contributed by atoms with Crippen LogP contribution >= 0.6 is 0 Å². The Labute approximate surface area is 441 Å². The molecule has 6 unspecified atom stereocenters. The molecule has 0 saturated heterocycles. The number of aliphatic hydroxyl groups is 1. The molecule has 4 heterocycles. The molecule has 4 aliphatic heterocycles. The Morgan fingerprint density at radius 2 is 1.39 bits per heavy atom. The fraction of sp³-hybridized carbons (Fsp3) is 0.450. The van der Waals surface area contributed by atoms with Crippen molar-refractivity contribution in [1.29, 1.82) is 0 Å². The molecule has 3 amide bonds. The van der Waals surface area contributed by atoms with E-state index >= 15 is 0 Å². The van der Waals surface area contributed by atoms with Gasteiger partial charge in [-0.3, -0.25) is 19.2 Å². The Bertz CT molecular complexity index is 2740. The second-order valence-corrected chi connectivity index (χ2v) is 20.3. The highest BCUT2D eigenvalue weighted by Gasteiger charge is 2.45. The molecule has 3 N–H and O–H groups in total. The first kappa shape index (κ1) is 55.8. The minimum atomic E-state index is -1.50. The van der Waals surface area contributed by atoms with E-state index < -0.39 is 30.3 Å². The van der Waals surface area contributed by atoms with Crippen LogP contribution in [0.2, 0.25) is 0 Å². The number of hydrogen-bond acceptors (Lipinski definition) is 12. The molecule has 0 fully saturated rings. The van der Waals surface area contributed by atoms with Crippen LogP contribution in [0, 0.1) is 11.8 Å². The molecule has 0 bridgehead atoms. The van der Waals surface area contributed by atoms with Gasteiger partial charge in [0.25, 0.3) is 11.8 Å².